The molecule has 3 aromatic rings. The van der Waals surface area contributed by atoms with Gasteiger partial charge in [-0.05, 0) is 64.9 Å². The number of carbonyl (C=O) groups is 1. The Morgan fingerprint density at radius 1 is 0.967 bits per heavy atom. The van der Waals surface area contributed by atoms with Gasteiger partial charge in [0.15, 0.2) is 11.5 Å². The van der Waals surface area contributed by atoms with E-state index in [9.17, 15) is 9.90 Å². The van der Waals surface area contributed by atoms with Crippen molar-refractivity contribution in [3.05, 3.63) is 88.5 Å². The molecule has 5 heteroatoms. The van der Waals surface area contributed by atoms with Crippen molar-refractivity contribution in [3.63, 3.8) is 0 Å². The minimum atomic E-state index is -0.900. The van der Waals surface area contributed by atoms with Gasteiger partial charge >= 0.3 is 5.97 Å². The van der Waals surface area contributed by atoms with E-state index in [-0.39, 0.29) is 17.9 Å². The smallest absolute Gasteiger partial charge is 0.335 e. The lowest BCUT2D eigenvalue weighted by atomic mass is 9.75. The number of ether oxygens (including phenoxy) is 2. The molecule has 2 N–H and O–H groups in total. The quantitative estimate of drug-likeness (QED) is 0.653. The van der Waals surface area contributed by atoms with Gasteiger partial charge in [0.2, 0.25) is 0 Å². The van der Waals surface area contributed by atoms with E-state index in [4.69, 9.17) is 9.47 Å². The van der Waals surface area contributed by atoms with Crippen molar-refractivity contribution in [2.24, 2.45) is 5.92 Å². The van der Waals surface area contributed by atoms with E-state index in [1.807, 2.05) is 24.3 Å². The zero-order valence-corrected chi connectivity index (χ0v) is 16.9. The van der Waals surface area contributed by atoms with Gasteiger partial charge in [0.05, 0.1) is 25.8 Å². The summed E-state index contributed by atoms with van der Waals surface area (Å²) in [7, 11) is 3.28. The molecule has 2 aliphatic rings. The Kier molecular flexibility index (Phi) is 4.39. The predicted molar refractivity (Wildman–Crippen MR) is 115 cm³/mol. The van der Waals surface area contributed by atoms with Crippen LogP contribution in [0.3, 0.4) is 0 Å². The van der Waals surface area contributed by atoms with Crippen LogP contribution in [0, 0.1) is 5.92 Å². The topological polar surface area (TPSA) is 67.8 Å². The number of fused-ring (bicyclic) bond motifs is 5. The Morgan fingerprint density at radius 2 is 1.77 bits per heavy atom. The summed E-state index contributed by atoms with van der Waals surface area (Å²) >= 11 is 0. The Labute approximate surface area is 175 Å². The fourth-order valence-electron chi connectivity index (χ4n) is 5.07. The van der Waals surface area contributed by atoms with Gasteiger partial charge in [0.25, 0.3) is 0 Å². The van der Waals surface area contributed by atoms with Crippen molar-refractivity contribution >= 4 is 11.7 Å². The number of anilines is 1. The summed E-state index contributed by atoms with van der Waals surface area (Å²) in [6.45, 7) is 0. The summed E-state index contributed by atoms with van der Waals surface area (Å²) in [6.07, 6.45) is 0.934. The minimum Gasteiger partial charge on any atom is -0.493 e. The van der Waals surface area contributed by atoms with Gasteiger partial charge in [-0.15, -0.1) is 0 Å². The Morgan fingerprint density at radius 3 is 2.53 bits per heavy atom. The van der Waals surface area contributed by atoms with E-state index < -0.39 is 5.97 Å². The highest BCUT2D eigenvalue weighted by Gasteiger charge is 2.43. The average Bonchev–Trinajstić information content (AvgIpc) is 3.17. The molecule has 3 atom stereocenters. The van der Waals surface area contributed by atoms with Crippen LogP contribution in [-0.4, -0.2) is 25.3 Å². The predicted octanol–water partition coefficient (Wildman–Crippen LogP) is 4.87. The lowest BCUT2D eigenvalue weighted by Crippen LogP contribution is -2.30. The van der Waals surface area contributed by atoms with Gasteiger partial charge in [-0.1, -0.05) is 30.3 Å². The Bertz CT molecular complexity index is 1140. The van der Waals surface area contributed by atoms with Gasteiger partial charge in [0.1, 0.15) is 0 Å². The Hall–Kier alpha value is -3.47. The maximum atomic E-state index is 11.6. The normalized spacial score (nSPS) is 21.1. The number of carboxylic acids is 1. The molecule has 1 aliphatic heterocycles. The number of nitrogens with one attached hydrogen (secondary N) is 1. The molecular weight excluding hydrogens is 378 g/mol. The Balaban J connectivity index is 1.65. The second kappa shape index (κ2) is 7.10. The molecule has 0 fully saturated rings. The molecule has 0 bridgehead atoms. The molecule has 0 saturated carbocycles. The standard InChI is InChI=1S/C25H23NO4/c1-29-21-10-8-15(13-22(21)30-2)24-19-11-14-5-3-4-6-17(14)23(19)18-12-16(25(27)28)7-9-20(18)26-24/h3-10,12-13,19,23-24,26H,11H2,1-2H3,(H,27,28)/t19-,23-,24+/m1/s1. The van der Waals surface area contributed by atoms with E-state index in [1.165, 1.54) is 11.1 Å². The zero-order valence-electron chi connectivity index (χ0n) is 16.9. The van der Waals surface area contributed by atoms with E-state index in [2.05, 4.69) is 35.6 Å². The molecule has 5 rings (SSSR count). The van der Waals surface area contributed by atoms with E-state index in [1.54, 1.807) is 20.3 Å². The summed E-state index contributed by atoms with van der Waals surface area (Å²) in [5.41, 5.74) is 6.11. The summed E-state index contributed by atoms with van der Waals surface area (Å²) < 4.78 is 10.9. The molecule has 1 aliphatic carbocycles. The minimum absolute atomic E-state index is 0.0744. The number of carboxylic acid groups (broad SMARTS) is 1. The molecule has 0 unspecified atom stereocenters. The molecular formula is C25H23NO4. The molecule has 0 radical (unpaired) electrons. The molecule has 5 nitrogen and oxygen atoms in total. The zero-order chi connectivity index (χ0) is 20.8. The second-order valence-corrected chi connectivity index (χ2v) is 7.89. The highest BCUT2D eigenvalue weighted by Crippen LogP contribution is 2.54. The van der Waals surface area contributed by atoms with Crippen LogP contribution in [-0.2, 0) is 6.42 Å². The molecule has 152 valence electrons. The monoisotopic (exact) mass is 401 g/mol. The number of benzene rings is 3. The molecule has 30 heavy (non-hydrogen) atoms. The fourth-order valence-corrected chi connectivity index (χ4v) is 5.07. The van der Waals surface area contributed by atoms with Crippen LogP contribution in [0.2, 0.25) is 0 Å². The van der Waals surface area contributed by atoms with Gasteiger partial charge < -0.3 is 19.9 Å². The third-order valence-electron chi connectivity index (χ3n) is 6.41. The van der Waals surface area contributed by atoms with Gasteiger partial charge in [-0.25, -0.2) is 4.79 Å². The highest BCUT2D eigenvalue weighted by atomic mass is 16.5. The van der Waals surface area contributed by atoms with Crippen LogP contribution in [0.5, 0.6) is 11.5 Å². The van der Waals surface area contributed by atoms with E-state index in [0.717, 1.165) is 23.2 Å². The van der Waals surface area contributed by atoms with Crippen LogP contribution in [0.4, 0.5) is 5.69 Å². The molecule has 0 saturated heterocycles. The molecule has 0 aromatic heterocycles. The highest BCUT2D eigenvalue weighted by molar-refractivity contribution is 5.89. The van der Waals surface area contributed by atoms with Crippen molar-refractivity contribution in [2.75, 3.05) is 19.5 Å². The first kappa shape index (κ1) is 18.6. The van der Waals surface area contributed by atoms with Crippen molar-refractivity contribution in [3.8, 4) is 11.5 Å². The van der Waals surface area contributed by atoms with Crippen LogP contribution >= 0.6 is 0 Å². The molecule has 3 aromatic carbocycles. The summed E-state index contributed by atoms with van der Waals surface area (Å²) in [5, 5.41) is 13.2. The number of aromatic carboxylic acids is 1. The lowest BCUT2D eigenvalue weighted by Gasteiger charge is -2.38. The van der Waals surface area contributed by atoms with Crippen LogP contribution in [0.15, 0.2) is 60.7 Å². The van der Waals surface area contributed by atoms with Gasteiger partial charge in [0, 0.05) is 11.6 Å². The first-order valence-corrected chi connectivity index (χ1v) is 10.0. The first-order chi connectivity index (χ1) is 14.6. The fraction of sp³-hybridized carbons (Fsp3) is 0.240. The summed E-state index contributed by atoms with van der Waals surface area (Å²) in [4.78, 5) is 11.6. The third-order valence-corrected chi connectivity index (χ3v) is 6.41. The molecule has 0 amide bonds. The average molecular weight is 401 g/mol. The van der Waals surface area contributed by atoms with E-state index in [0.29, 0.717) is 17.1 Å². The first-order valence-electron chi connectivity index (χ1n) is 10.0. The van der Waals surface area contributed by atoms with Crippen molar-refractivity contribution in [1.29, 1.82) is 0 Å². The van der Waals surface area contributed by atoms with Crippen molar-refractivity contribution in [1.82, 2.24) is 0 Å². The number of hydrogen-bond acceptors (Lipinski definition) is 4. The van der Waals surface area contributed by atoms with Crippen LogP contribution in [0.25, 0.3) is 0 Å². The number of hydrogen-bond donors (Lipinski definition) is 2. The van der Waals surface area contributed by atoms with Crippen LogP contribution in [0.1, 0.15) is 44.6 Å². The van der Waals surface area contributed by atoms with Crippen molar-refractivity contribution < 1.29 is 19.4 Å². The summed E-state index contributed by atoms with van der Waals surface area (Å²) in [5.74, 6) is 0.931. The summed E-state index contributed by atoms with van der Waals surface area (Å²) in [6, 6.07) is 20.0. The number of methoxy groups -OCH3 is 2. The molecule has 1 heterocycles. The lowest BCUT2D eigenvalue weighted by molar-refractivity contribution is 0.0696. The second-order valence-electron chi connectivity index (χ2n) is 7.89. The SMILES string of the molecule is COc1ccc([C@@H]2Nc3ccc(C(=O)O)cc3[C@H]3c4ccccc4C[C@H]32)cc1OC. The van der Waals surface area contributed by atoms with E-state index >= 15 is 0 Å². The third kappa shape index (κ3) is 2.81. The largest absolute Gasteiger partial charge is 0.493 e. The van der Waals surface area contributed by atoms with Crippen molar-refractivity contribution in [2.45, 2.75) is 18.4 Å². The maximum Gasteiger partial charge on any atom is 0.335 e. The van der Waals surface area contributed by atoms with Gasteiger partial charge in [-0.2, -0.15) is 0 Å². The molecule has 0 spiro atoms. The van der Waals surface area contributed by atoms with Gasteiger partial charge in [-0.3, -0.25) is 0 Å². The van der Waals surface area contributed by atoms with Crippen LogP contribution < -0.4 is 14.8 Å². The maximum absolute atomic E-state index is 11.6. The number of rotatable bonds is 4.